The zero-order valence-corrected chi connectivity index (χ0v) is 22.6. The van der Waals surface area contributed by atoms with E-state index in [0.29, 0.717) is 46.9 Å². The number of hydrogen-bond acceptors (Lipinski definition) is 9. The van der Waals surface area contributed by atoms with E-state index in [0.717, 1.165) is 6.07 Å². The number of aromatic nitrogens is 1. The van der Waals surface area contributed by atoms with Crippen LogP contribution in [-0.2, 0) is 14.8 Å². The van der Waals surface area contributed by atoms with E-state index in [-0.39, 0.29) is 34.9 Å². The molecule has 14 heteroatoms. The Morgan fingerprint density at radius 2 is 2.03 bits per heavy atom. The van der Waals surface area contributed by atoms with Gasteiger partial charge in [-0.2, -0.15) is 0 Å². The van der Waals surface area contributed by atoms with E-state index in [2.05, 4.69) is 15.3 Å². The molecule has 1 saturated heterocycles. The van der Waals surface area contributed by atoms with Crippen LogP contribution in [0.25, 0.3) is 11.3 Å². The molecule has 9 nitrogen and oxygen atoms in total. The van der Waals surface area contributed by atoms with Gasteiger partial charge in [-0.05, 0) is 44.5 Å². The van der Waals surface area contributed by atoms with Crippen LogP contribution in [0.4, 0.5) is 13.2 Å². The summed E-state index contributed by atoms with van der Waals surface area (Å²) >= 11 is 1.31. The molecular weight excluding hydrogens is 553 g/mol. The van der Waals surface area contributed by atoms with Gasteiger partial charge < -0.3 is 15.8 Å². The highest BCUT2D eigenvalue weighted by Gasteiger charge is 2.30. The fourth-order valence-electron chi connectivity index (χ4n) is 4.20. The highest BCUT2D eigenvalue weighted by Crippen LogP contribution is 2.28. The van der Waals surface area contributed by atoms with E-state index >= 15 is 4.39 Å². The third-order valence-electron chi connectivity index (χ3n) is 6.20. The molecule has 206 valence electrons. The van der Waals surface area contributed by atoms with Crippen LogP contribution in [0.1, 0.15) is 37.7 Å². The smallest absolute Gasteiger partial charge is 0.265 e. The number of rotatable bonds is 4. The first-order valence-electron chi connectivity index (χ1n) is 12.0. The van der Waals surface area contributed by atoms with Crippen molar-refractivity contribution >= 4 is 44.8 Å². The number of thiazole rings is 1. The van der Waals surface area contributed by atoms with Crippen LogP contribution in [0.15, 0.2) is 56.8 Å². The van der Waals surface area contributed by atoms with Crippen LogP contribution in [0.3, 0.4) is 0 Å². The Balaban J connectivity index is 1.63. The summed E-state index contributed by atoms with van der Waals surface area (Å²) in [6.45, 7) is 4.85. The maximum Gasteiger partial charge on any atom is 0.265 e. The molecule has 1 unspecified atom stereocenters. The number of morpholine rings is 1. The average Bonchev–Trinajstić information content (AvgIpc) is 3.32. The molecule has 1 atom stereocenters. The zero-order valence-electron chi connectivity index (χ0n) is 21.0. The molecule has 0 saturated carbocycles. The van der Waals surface area contributed by atoms with Gasteiger partial charge in [0, 0.05) is 24.8 Å². The minimum Gasteiger partial charge on any atom is -0.372 e. The van der Waals surface area contributed by atoms with Gasteiger partial charge in [0.25, 0.3) is 10.0 Å². The molecule has 0 amide bonds. The van der Waals surface area contributed by atoms with Gasteiger partial charge >= 0.3 is 0 Å². The Morgan fingerprint density at radius 1 is 1.23 bits per heavy atom. The Hall–Kier alpha value is -3.33. The van der Waals surface area contributed by atoms with Crippen molar-refractivity contribution in [3.63, 3.8) is 0 Å². The van der Waals surface area contributed by atoms with Crippen LogP contribution in [0.5, 0.6) is 0 Å². The second-order valence-corrected chi connectivity index (χ2v) is 12.3. The van der Waals surface area contributed by atoms with E-state index in [4.69, 9.17) is 15.5 Å². The number of hydrogen-bond donors (Lipinski definition) is 3. The molecule has 0 bridgehead atoms. The summed E-state index contributed by atoms with van der Waals surface area (Å²) in [6.07, 6.45) is 4.81. The first-order valence-corrected chi connectivity index (χ1v) is 14.3. The number of aliphatic imine (C=N–C) groups is 2. The van der Waals surface area contributed by atoms with Crippen molar-refractivity contribution in [1.29, 1.82) is 0 Å². The van der Waals surface area contributed by atoms with Gasteiger partial charge in [0.15, 0.2) is 5.83 Å². The summed E-state index contributed by atoms with van der Waals surface area (Å²) in [5.41, 5.74) is 5.68. The van der Waals surface area contributed by atoms with Gasteiger partial charge in [-0.15, -0.1) is 11.3 Å². The lowest BCUT2D eigenvalue weighted by molar-refractivity contribution is -0.0587. The number of ether oxygens (including phenoxy) is 1. The normalized spacial score (nSPS) is 24.1. The number of nitrogens with one attached hydrogen (secondary N) is 2. The summed E-state index contributed by atoms with van der Waals surface area (Å²) in [4.78, 5) is 12.1. The van der Waals surface area contributed by atoms with Crippen molar-refractivity contribution in [2.75, 3.05) is 13.2 Å². The van der Waals surface area contributed by atoms with Crippen molar-refractivity contribution in [3.8, 4) is 0 Å². The number of nitrogens with zero attached hydrogens (tertiary/aromatic N) is 3. The van der Waals surface area contributed by atoms with Crippen molar-refractivity contribution in [2.45, 2.75) is 43.2 Å². The van der Waals surface area contributed by atoms with Crippen LogP contribution >= 0.6 is 11.3 Å². The second kappa shape index (κ2) is 10.3. The summed E-state index contributed by atoms with van der Waals surface area (Å²) in [7, 11) is -4.65. The first-order chi connectivity index (χ1) is 18.4. The largest absolute Gasteiger partial charge is 0.372 e. The maximum absolute atomic E-state index is 15.9. The third kappa shape index (κ3) is 5.69. The third-order valence-corrected chi connectivity index (χ3v) is 8.80. The predicted molar refractivity (Wildman–Crippen MR) is 142 cm³/mol. The van der Waals surface area contributed by atoms with Crippen LogP contribution in [0, 0.1) is 11.6 Å². The molecule has 4 N–H and O–H groups in total. The van der Waals surface area contributed by atoms with Gasteiger partial charge in [-0.1, -0.05) is 6.08 Å². The lowest BCUT2D eigenvalue weighted by Crippen LogP contribution is -2.47. The van der Waals surface area contributed by atoms with Crippen molar-refractivity contribution < 1.29 is 26.3 Å². The van der Waals surface area contributed by atoms with Crippen LogP contribution in [0.2, 0.25) is 0 Å². The summed E-state index contributed by atoms with van der Waals surface area (Å²) in [5.74, 6) is -2.97. The van der Waals surface area contributed by atoms with Crippen molar-refractivity contribution in [2.24, 2.45) is 15.7 Å². The second-order valence-electron chi connectivity index (χ2n) is 9.66. The molecule has 0 spiro atoms. The number of halogens is 3. The number of guanidine groups is 1. The molecule has 5 rings (SSSR count). The van der Waals surface area contributed by atoms with E-state index in [9.17, 15) is 17.2 Å². The fraction of sp³-hybridized carbons (Fsp3) is 0.320. The Kier molecular flexibility index (Phi) is 7.22. The van der Waals surface area contributed by atoms with Crippen LogP contribution in [-0.4, -0.2) is 44.3 Å². The van der Waals surface area contributed by atoms with E-state index in [1.54, 1.807) is 12.3 Å². The van der Waals surface area contributed by atoms with E-state index < -0.39 is 38.1 Å². The topological polar surface area (TPSA) is 131 Å². The molecule has 1 aliphatic carbocycles. The SMILES string of the molecule is CC1(C)CNC(c2nc(=C3CC=CC(NS(=O)(=O)c4cc(F)ccc4F)=C3F)c(=C3CC=NC(N)=N3)s2)CO1. The van der Waals surface area contributed by atoms with Gasteiger partial charge in [-0.3, -0.25) is 4.72 Å². The molecule has 1 aromatic carbocycles. The minimum absolute atomic E-state index is 0.0492. The van der Waals surface area contributed by atoms with E-state index in [1.807, 2.05) is 18.6 Å². The number of allylic oxidation sites excluding steroid dienone is 3. The number of nitrogens with two attached hydrogens (primary N) is 1. The zero-order chi connectivity index (χ0) is 27.9. The molecule has 1 aromatic heterocycles. The predicted octanol–water partition coefficient (Wildman–Crippen LogP) is 2.03. The summed E-state index contributed by atoms with van der Waals surface area (Å²) in [5, 5.41) is 4.31. The molecule has 39 heavy (non-hydrogen) atoms. The Morgan fingerprint density at radius 3 is 2.74 bits per heavy atom. The summed E-state index contributed by atoms with van der Waals surface area (Å²) < 4.78 is 78.0. The summed E-state index contributed by atoms with van der Waals surface area (Å²) in [6, 6.07) is 1.75. The lowest BCUT2D eigenvalue weighted by Gasteiger charge is -2.34. The first kappa shape index (κ1) is 27.2. The average molecular weight is 579 g/mol. The molecular formula is C25H25F3N6O3S2. The molecule has 3 aliphatic rings. The van der Waals surface area contributed by atoms with Gasteiger partial charge in [0.2, 0.25) is 5.96 Å². The monoisotopic (exact) mass is 578 g/mol. The Bertz CT molecular complexity index is 1680. The molecule has 2 aromatic rings. The van der Waals surface area contributed by atoms with Gasteiger partial charge in [0.1, 0.15) is 21.5 Å². The maximum atomic E-state index is 15.9. The number of sulfonamides is 1. The lowest BCUT2D eigenvalue weighted by atomic mass is 10.0. The fourth-order valence-corrected chi connectivity index (χ4v) is 6.50. The minimum atomic E-state index is -4.65. The molecule has 3 heterocycles. The van der Waals surface area contributed by atoms with E-state index in [1.165, 1.54) is 17.4 Å². The highest BCUT2D eigenvalue weighted by atomic mass is 32.2. The van der Waals surface area contributed by atoms with Gasteiger partial charge in [-0.25, -0.2) is 36.6 Å². The van der Waals surface area contributed by atoms with Crippen molar-refractivity contribution in [3.05, 3.63) is 68.4 Å². The highest BCUT2D eigenvalue weighted by molar-refractivity contribution is 7.89. The quantitative estimate of drug-likeness (QED) is 0.509. The van der Waals surface area contributed by atoms with Crippen molar-refractivity contribution in [1.82, 2.24) is 15.0 Å². The standard InChI is InChI=1S/C25H25F3N6O3S2/c1-25(2)12-31-18(11-37-25)23-33-21(22(38-23)17-8-9-30-24(29)32-17)14-4-3-5-16(20(14)28)34-39(35,36)19-10-13(26)6-7-15(19)27/h3,5-7,9-10,18,31,34H,4,8,11-12H2,1-2H3,(H2,29,32). The molecule has 1 fully saturated rings. The van der Waals surface area contributed by atoms with Crippen LogP contribution < -0.4 is 25.7 Å². The number of benzene rings is 1. The van der Waals surface area contributed by atoms with Gasteiger partial charge in [0.05, 0.1) is 39.5 Å². The Labute approximate surface area is 226 Å². The molecule has 2 aliphatic heterocycles. The molecule has 0 radical (unpaired) electrons.